The van der Waals surface area contributed by atoms with Crippen LogP contribution in [0.5, 0.6) is 11.6 Å². The molecule has 7 nitrogen and oxygen atoms in total. The highest BCUT2D eigenvalue weighted by Gasteiger charge is 2.16. The Morgan fingerprint density at radius 3 is 2.73 bits per heavy atom. The minimum atomic E-state index is -0.988. The van der Waals surface area contributed by atoms with E-state index in [1.165, 1.54) is 0 Å². The quantitative estimate of drug-likeness (QED) is 0.628. The summed E-state index contributed by atoms with van der Waals surface area (Å²) < 4.78 is 8.03. The lowest BCUT2D eigenvalue weighted by Gasteiger charge is -2.11. The lowest BCUT2D eigenvalue weighted by atomic mass is 10.2. The van der Waals surface area contributed by atoms with Gasteiger partial charge in [0.15, 0.2) is 5.52 Å². The molecule has 3 aromatic rings. The topological polar surface area (TPSA) is 89.3 Å². The van der Waals surface area contributed by atoms with Crippen molar-refractivity contribution in [2.24, 2.45) is 0 Å². The van der Waals surface area contributed by atoms with Gasteiger partial charge in [-0.1, -0.05) is 18.2 Å². The zero-order valence-electron chi connectivity index (χ0n) is 14.9. The first-order valence-electron chi connectivity index (χ1n) is 8.58. The summed E-state index contributed by atoms with van der Waals surface area (Å²) >= 11 is 0. The molecule has 0 radical (unpaired) electrons. The maximum atomic E-state index is 10.5. The molecule has 0 saturated carbocycles. The lowest BCUT2D eigenvalue weighted by Crippen LogP contribution is -2.22. The van der Waals surface area contributed by atoms with E-state index in [2.05, 4.69) is 19.9 Å². The third-order valence-electron chi connectivity index (χ3n) is 4.27. The van der Waals surface area contributed by atoms with Crippen LogP contribution in [0.4, 0.5) is 4.79 Å². The minimum absolute atomic E-state index is 0.448. The number of rotatable bonds is 7. The molecule has 2 N–H and O–H groups in total. The number of aromatic nitrogens is 3. The van der Waals surface area contributed by atoms with Gasteiger partial charge in [-0.2, -0.15) is 0 Å². The summed E-state index contributed by atoms with van der Waals surface area (Å²) in [5.41, 5.74) is 3.72. The van der Waals surface area contributed by atoms with E-state index in [4.69, 9.17) is 9.84 Å². The number of unbranched alkanes of at least 4 members (excludes halogenated alkanes) is 1. The Hall–Kier alpha value is -3.09. The number of nitrogens with one attached hydrogen (secondary N) is 1. The molecule has 0 unspecified atom stereocenters. The van der Waals surface area contributed by atoms with E-state index in [-0.39, 0.29) is 0 Å². The summed E-state index contributed by atoms with van der Waals surface area (Å²) in [7, 11) is 0. The molecule has 2 aromatic heterocycles. The van der Waals surface area contributed by atoms with Gasteiger partial charge >= 0.3 is 6.09 Å². The number of hydrogen-bond donors (Lipinski definition) is 2. The zero-order valence-corrected chi connectivity index (χ0v) is 14.9. The van der Waals surface area contributed by atoms with Gasteiger partial charge < -0.3 is 19.7 Å². The molecule has 0 saturated heterocycles. The predicted molar refractivity (Wildman–Crippen MR) is 98.8 cm³/mol. The third-order valence-corrected chi connectivity index (χ3v) is 4.27. The number of fused-ring (bicyclic) bond motifs is 1. The summed E-state index contributed by atoms with van der Waals surface area (Å²) in [6.45, 7) is 5.19. The van der Waals surface area contributed by atoms with E-state index in [0.717, 1.165) is 47.4 Å². The van der Waals surface area contributed by atoms with Crippen molar-refractivity contribution in [1.29, 1.82) is 0 Å². The summed E-state index contributed by atoms with van der Waals surface area (Å²) in [5, 5.41) is 11.0. The number of nitrogens with zero attached hydrogens (tertiary/aromatic N) is 3. The highest BCUT2D eigenvalue weighted by molar-refractivity contribution is 5.84. The molecule has 0 fully saturated rings. The van der Waals surface area contributed by atoms with E-state index in [0.29, 0.717) is 12.4 Å². The van der Waals surface area contributed by atoms with Gasteiger partial charge in [-0.3, -0.25) is 0 Å². The summed E-state index contributed by atoms with van der Waals surface area (Å²) in [4.78, 5) is 19.6. The van der Waals surface area contributed by atoms with Crippen molar-refractivity contribution in [2.45, 2.75) is 33.2 Å². The predicted octanol–water partition coefficient (Wildman–Crippen LogP) is 3.89. The molecule has 3 rings (SSSR count). The highest BCUT2D eigenvalue weighted by Crippen LogP contribution is 2.30. The van der Waals surface area contributed by atoms with Gasteiger partial charge in [0.05, 0.1) is 11.8 Å². The smallest absolute Gasteiger partial charge is 0.404 e. The van der Waals surface area contributed by atoms with Gasteiger partial charge in [0.2, 0.25) is 5.88 Å². The summed E-state index contributed by atoms with van der Waals surface area (Å²) in [6.07, 6.45) is 2.42. The Labute approximate surface area is 151 Å². The van der Waals surface area contributed by atoms with Crippen LogP contribution in [-0.4, -0.2) is 32.3 Å². The van der Waals surface area contributed by atoms with E-state index in [1.807, 2.05) is 44.2 Å². The number of imidazole rings is 1. The summed E-state index contributed by atoms with van der Waals surface area (Å²) in [5.74, 6) is 1.22. The molecule has 136 valence electrons. The fraction of sp³-hybridized carbons (Fsp3) is 0.316. The molecule has 2 heterocycles. The molecule has 7 heteroatoms. The Kier molecular flexibility index (Phi) is 5.36. The Bertz CT molecular complexity index is 906. The Morgan fingerprint density at radius 2 is 2.00 bits per heavy atom. The van der Waals surface area contributed by atoms with Gasteiger partial charge in [0.25, 0.3) is 0 Å². The molecule has 0 aliphatic carbocycles. The fourth-order valence-corrected chi connectivity index (χ4v) is 2.84. The second-order valence-electron chi connectivity index (χ2n) is 6.12. The fourth-order valence-electron chi connectivity index (χ4n) is 2.84. The first kappa shape index (κ1) is 17.7. The summed E-state index contributed by atoms with van der Waals surface area (Å²) in [6, 6.07) is 9.53. The minimum Gasteiger partial charge on any atom is -0.465 e. The van der Waals surface area contributed by atoms with E-state index in [1.54, 1.807) is 6.33 Å². The van der Waals surface area contributed by atoms with Crippen molar-refractivity contribution in [3.63, 3.8) is 0 Å². The first-order chi connectivity index (χ1) is 12.6. The highest BCUT2D eigenvalue weighted by atomic mass is 16.5. The molecule has 0 aliphatic heterocycles. The second-order valence-corrected chi connectivity index (χ2v) is 6.12. The number of aryl methyl sites for hydroxylation is 3. The van der Waals surface area contributed by atoms with Gasteiger partial charge in [-0.05, 0) is 44.4 Å². The van der Waals surface area contributed by atoms with Crippen LogP contribution in [0.3, 0.4) is 0 Å². The van der Waals surface area contributed by atoms with Crippen LogP contribution in [0.2, 0.25) is 0 Å². The number of para-hydroxylation sites is 1. The van der Waals surface area contributed by atoms with Gasteiger partial charge in [0, 0.05) is 18.8 Å². The Morgan fingerprint density at radius 1 is 1.23 bits per heavy atom. The van der Waals surface area contributed by atoms with Crippen molar-refractivity contribution in [3.05, 3.63) is 47.9 Å². The third kappa shape index (κ3) is 3.93. The van der Waals surface area contributed by atoms with Crippen molar-refractivity contribution in [2.75, 3.05) is 6.54 Å². The van der Waals surface area contributed by atoms with Crippen LogP contribution in [0.25, 0.3) is 11.0 Å². The van der Waals surface area contributed by atoms with Crippen LogP contribution in [0.15, 0.2) is 36.7 Å². The molecule has 1 amide bonds. The average Bonchev–Trinajstić information content (AvgIpc) is 3.04. The van der Waals surface area contributed by atoms with Crippen molar-refractivity contribution >= 4 is 17.1 Å². The molecule has 1 aromatic carbocycles. The van der Waals surface area contributed by atoms with Crippen molar-refractivity contribution < 1.29 is 14.6 Å². The van der Waals surface area contributed by atoms with Crippen LogP contribution in [0, 0.1) is 13.8 Å². The van der Waals surface area contributed by atoms with Gasteiger partial charge in [-0.15, -0.1) is 0 Å². The zero-order chi connectivity index (χ0) is 18.5. The molecule has 26 heavy (non-hydrogen) atoms. The number of carbonyl (C=O) groups is 1. The monoisotopic (exact) mass is 354 g/mol. The number of ether oxygens (including phenoxy) is 1. The largest absolute Gasteiger partial charge is 0.465 e. The van der Waals surface area contributed by atoms with Crippen LogP contribution in [-0.2, 0) is 6.54 Å². The average molecular weight is 354 g/mol. The number of hydrogen-bond acceptors (Lipinski definition) is 4. The molecular formula is C19H22N4O3. The van der Waals surface area contributed by atoms with Gasteiger partial charge in [0.1, 0.15) is 5.75 Å². The number of carboxylic acid groups (broad SMARTS) is 1. The number of pyridine rings is 1. The van der Waals surface area contributed by atoms with Crippen molar-refractivity contribution in [3.8, 4) is 11.6 Å². The lowest BCUT2D eigenvalue weighted by molar-refractivity contribution is 0.194. The van der Waals surface area contributed by atoms with Crippen LogP contribution < -0.4 is 10.1 Å². The van der Waals surface area contributed by atoms with Crippen LogP contribution >= 0.6 is 0 Å². The Balaban J connectivity index is 1.82. The van der Waals surface area contributed by atoms with E-state index >= 15 is 0 Å². The number of benzene rings is 1. The molecule has 0 atom stereocenters. The maximum absolute atomic E-state index is 10.5. The first-order valence-corrected chi connectivity index (χ1v) is 8.58. The van der Waals surface area contributed by atoms with Gasteiger partial charge in [-0.25, -0.2) is 14.8 Å². The molecule has 0 spiro atoms. The van der Waals surface area contributed by atoms with E-state index < -0.39 is 6.09 Å². The molecular weight excluding hydrogens is 332 g/mol. The number of amides is 1. The molecule has 0 aliphatic rings. The SMILES string of the molecule is Cc1nc(Oc2ccccc2)c2ncn(CCCCNC(=O)O)c2c1C. The maximum Gasteiger partial charge on any atom is 0.404 e. The normalized spacial score (nSPS) is 10.8. The van der Waals surface area contributed by atoms with Crippen molar-refractivity contribution in [1.82, 2.24) is 19.9 Å². The standard InChI is InChI=1S/C19H22N4O3/c1-13-14(2)22-18(26-15-8-4-3-5-9-15)16-17(13)23(12-21-16)11-7-6-10-20-19(24)25/h3-5,8-9,12,20H,6-7,10-11H2,1-2H3,(H,24,25). The van der Waals surface area contributed by atoms with Crippen LogP contribution in [0.1, 0.15) is 24.1 Å². The second kappa shape index (κ2) is 7.86. The van der Waals surface area contributed by atoms with E-state index in [9.17, 15) is 4.79 Å². The molecule has 0 bridgehead atoms.